The first-order valence-electron chi connectivity index (χ1n) is 18.8. The van der Waals surface area contributed by atoms with Crippen molar-refractivity contribution in [1.82, 2.24) is 10.3 Å². The zero-order chi connectivity index (χ0) is 40.8. The lowest BCUT2D eigenvalue weighted by atomic mass is 9.96. The number of aromatic amines is 1. The number of aromatic nitrogens is 1. The molecule has 4 heterocycles. The van der Waals surface area contributed by atoms with E-state index in [9.17, 15) is 24.3 Å². The van der Waals surface area contributed by atoms with Crippen LogP contribution in [0.3, 0.4) is 0 Å². The Labute approximate surface area is 337 Å². The SMILES string of the molecule is Cc1[nH]c2c(O)cc3c(c2c1C)[C@H](CCl)CN3C(=O)c1cc2cc(NC(=O)c3cc4cccc(NC(=O)C(CC(C)C)NC(=O)Oc5ccccc5)c4o3)ccc2o1. The standard InChI is InChI=1S/C44H40ClN5O8/c1-22(2)15-31(49-44(55)56-29-10-6-5-7-11-29)41(52)48-30-12-8-9-25-17-35(58-40(25)30)42(53)47-28-13-14-34-26(16-28)18-36(57-34)43(54)50-21-27(20-45)38-32(50)19-33(51)39-37(38)23(3)24(4)46-39/h5-14,16-19,22,27,31,46,51H,15,20-21H2,1-4H3,(H,47,53)(H,48,52)(H,49,55)/t27-,31?/m1/s1. The van der Waals surface area contributed by atoms with Crippen molar-refractivity contribution in [3.8, 4) is 11.5 Å². The molecule has 296 valence electrons. The topological polar surface area (TPSA) is 179 Å². The first kappa shape index (κ1) is 38.2. The van der Waals surface area contributed by atoms with E-state index in [1.165, 1.54) is 0 Å². The number of carbonyl (C=O) groups is 4. The molecule has 1 aliphatic heterocycles. The molecule has 0 saturated heterocycles. The second kappa shape index (κ2) is 15.3. The summed E-state index contributed by atoms with van der Waals surface area (Å²) in [6.07, 6.45) is -0.419. The van der Waals surface area contributed by atoms with Gasteiger partial charge in [-0.25, -0.2) is 4.79 Å². The van der Waals surface area contributed by atoms with Crippen molar-refractivity contribution in [3.63, 3.8) is 0 Å². The van der Waals surface area contributed by atoms with E-state index in [0.717, 1.165) is 22.2 Å². The van der Waals surface area contributed by atoms with Crippen LogP contribution in [0.4, 0.5) is 21.9 Å². The molecule has 0 bridgehead atoms. The van der Waals surface area contributed by atoms with Crippen LogP contribution in [-0.4, -0.2) is 52.4 Å². The Morgan fingerprint density at radius 2 is 1.71 bits per heavy atom. The second-order valence-corrected chi connectivity index (χ2v) is 15.2. The Morgan fingerprint density at radius 3 is 2.47 bits per heavy atom. The fraction of sp³-hybridized carbons (Fsp3) is 0.227. The van der Waals surface area contributed by atoms with Crippen molar-refractivity contribution in [3.05, 3.63) is 113 Å². The minimum absolute atomic E-state index is 0.00471. The van der Waals surface area contributed by atoms with E-state index < -0.39 is 23.9 Å². The summed E-state index contributed by atoms with van der Waals surface area (Å²) in [6.45, 7) is 8.10. The number of phenols is 1. The Bertz CT molecular complexity index is 2750. The van der Waals surface area contributed by atoms with Gasteiger partial charge in [-0.05, 0) is 85.8 Å². The first-order chi connectivity index (χ1) is 27.9. The predicted octanol–water partition coefficient (Wildman–Crippen LogP) is 9.36. The van der Waals surface area contributed by atoms with Crippen LogP contribution in [0.25, 0.3) is 32.8 Å². The number of halogens is 1. The maximum Gasteiger partial charge on any atom is 0.413 e. The molecular formula is C44H40ClN5O8. The van der Waals surface area contributed by atoms with Crippen LogP contribution in [0.15, 0.2) is 93.8 Å². The average molecular weight is 802 g/mol. The number of furan rings is 2. The van der Waals surface area contributed by atoms with E-state index in [2.05, 4.69) is 20.9 Å². The van der Waals surface area contributed by atoms with Gasteiger partial charge in [0, 0.05) is 51.9 Å². The number of fused-ring (bicyclic) bond motifs is 5. The van der Waals surface area contributed by atoms with Crippen molar-refractivity contribution in [2.75, 3.05) is 28.0 Å². The number of H-pyrrole nitrogens is 1. The third-order valence-electron chi connectivity index (χ3n) is 10.4. The molecule has 0 aliphatic carbocycles. The highest BCUT2D eigenvalue weighted by atomic mass is 35.5. The first-order valence-corrected chi connectivity index (χ1v) is 19.4. The molecule has 3 aromatic heterocycles. The van der Waals surface area contributed by atoms with Crippen molar-refractivity contribution in [2.24, 2.45) is 5.92 Å². The number of rotatable bonds is 10. The van der Waals surface area contributed by atoms with E-state index in [0.29, 0.717) is 57.6 Å². The summed E-state index contributed by atoms with van der Waals surface area (Å²) >= 11 is 6.42. The van der Waals surface area contributed by atoms with Crippen LogP contribution < -0.4 is 25.6 Å². The highest BCUT2D eigenvalue weighted by molar-refractivity contribution is 6.19. The number of carbonyl (C=O) groups excluding carboxylic acids is 4. The number of nitrogens with zero attached hydrogens (tertiary/aromatic N) is 1. The predicted molar refractivity (Wildman–Crippen MR) is 222 cm³/mol. The third kappa shape index (κ3) is 7.20. The highest BCUT2D eigenvalue weighted by Crippen LogP contribution is 2.47. The lowest BCUT2D eigenvalue weighted by Gasteiger charge is -2.20. The third-order valence-corrected chi connectivity index (χ3v) is 10.8. The van der Waals surface area contributed by atoms with Crippen LogP contribution in [0.5, 0.6) is 11.5 Å². The summed E-state index contributed by atoms with van der Waals surface area (Å²) in [4.78, 5) is 58.5. The fourth-order valence-corrected chi connectivity index (χ4v) is 7.79. The Morgan fingerprint density at radius 1 is 0.931 bits per heavy atom. The molecule has 7 aromatic rings. The van der Waals surface area contributed by atoms with E-state index in [1.54, 1.807) is 89.8 Å². The van der Waals surface area contributed by atoms with Crippen LogP contribution in [0, 0.1) is 19.8 Å². The number of hydrogen-bond donors (Lipinski definition) is 5. The van der Waals surface area contributed by atoms with Gasteiger partial charge >= 0.3 is 6.09 Å². The van der Waals surface area contributed by atoms with Crippen molar-refractivity contribution in [1.29, 1.82) is 0 Å². The van der Waals surface area contributed by atoms with E-state index in [4.69, 9.17) is 25.2 Å². The lowest BCUT2D eigenvalue weighted by Crippen LogP contribution is -2.45. The monoisotopic (exact) mass is 801 g/mol. The zero-order valence-corrected chi connectivity index (χ0v) is 32.8. The highest BCUT2D eigenvalue weighted by Gasteiger charge is 2.37. The van der Waals surface area contributed by atoms with Gasteiger partial charge in [-0.2, -0.15) is 0 Å². The molecule has 1 aliphatic rings. The molecule has 4 aromatic carbocycles. The number of aryl methyl sites for hydroxylation is 2. The molecule has 5 N–H and O–H groups in total. The molecular weight excluding hydrogens is 762 g/mol. The molecule has 0 spiro atoms. The zero-order valence-electron chi connectivity index (χ0n) is 32.1. The minimum Gasteiger partial charge on any atom is -0.506 e. The van der Waals surface area contributed by atoms with Gasteiger partial charge in [-0.3, -0.25) is 14.4 Å². The molecule has 0 saturated carbocycles. The molecule has 4 amide bonds. The quantitative estimate of drug-likeness (QED) is 0.0849. The van der Waals surface area contributed by atoms with E-state index in [-0.39, 0.29) is 46.5 Å². The van der Waals surface area contributed by atoms with E-state index >= 15 is 0 Å². The molecule has 8 rings (SSSR count). The Kier molecular flexibility index (Phi) is 10.1. The number of hydrogen-bond acceptors (Lipinski definition) is 8. The van der Waals surface area contributed by atoms with Crippen molar-refractivity contribution >= 4 is 85.3 Å². The van der Waals surface area contributed by atoms with Gasteiger partial charge in [-0.15, -0.1) is 11.6 Å². The number of phenolic OH excluding ortho intramolecular Hbond substituents is 1. The Balaban J connectivity index is 0.980. The summed E-state index contributed by atoms with van der Waals surface area (Å²) in [5.41, 5.74) is 5.49. The van der Waals surface area contributed by atoms with Crippen LogP contribution in [0.1, 0.15) is 64.1 Å². The summed E-state index contributed by atoms with van der Waals surface area (Å²) in [6, 6.07) is 22.5. The molecule has 13 nitrogen and oxygen atoms in total. The number of amides is 4. The van der Waals surface area contributed by atoms with Gasteiger partial charge in [0.25, 0.3) is 11.8 Å². The minimum atomic E-state index is -0.913. The number of benzene rings is 4. The smallest absolute Gasteiger partial charge is 0.413 e. The largest absolute Gasteiger partial charge is 0.506 e. The van der Waals surface area contributed by atoms with Crippen LogP contribution in [-0.2, 0) is 4.79 Å². The molecule has 0 fully saturated rings. The molecule has 2 atom stereocenters. The molecule has 58 heavy (non-hydrogen) atoms. The number of ether oxygens (including phenoxy) is 1. The fourth-order valence-electron chi connectivity index (χ4n) is 7.54. The number of anilines is 3. The van der Waals surface area contributed by atoms with Gasteiger partial charge in [0.1, 0.15) is 23.1 Å². The van der Waals surface area contributed by atoms with Gasteiger partial charge in [0.15, 0.2) is 17.1 Å². The van der Waals surface area contributed by atoms with Gasteiger partial charge in [0.05, 0.1) is 16.9 Å². The summed E-state index contributed by atoms with van der Waals surface area (Å²) in [5.74, 6) is -0.729. The van der Waals surface area contributed by atoms with Gasteiger partial charge < -0.3 is 44.5 Å². The van der Waals surface area contributed by atoms with Crippen molar-refractivity contribution < 1.29 is 37.9 Å². The molecule has 14 heteroatoms. The second-order valence-electron chi connectivity index (χ2n) is 14.9. The summed E-state index contributed by atoms with van der Waals surface area (Å²) in [5, 5.41) is 21.3. The van der Waals surface area contributed by atoms with Crippen LogP contribution >= 0.6 is 11.6 Å². The number of alkyl halides is 1. The Hall–Kier alpha value is -6.73. The maximum absolute atomic E-state index is 14.0. The molecule has 1 unspecified atom stereocenters. The number of para-hydroxylation sites is 2. The maximum atomic E-state index is 14.0. The lowest BCUT2D eigenvalue weighted by molar-refractivity contribution is -0.118. The van der Waals surface area contributed by atoms with Crippen molar-refractivity contribution in [2.45, 2.75) is 46.1 Å². The number of nitrogens with one attached hydrogen (secondary N) is 4. The summed E-state index contributed by atoms with van der Waals surface area (Å²) in [7, 11) is 0. The van der Waals surface area contributed by atoms with Crippen LogP contribution in [0.2, 0.25) is 0 Å². The average Bonchev–Trinajstić information content (AvgIpc) is 3.98. The number of aromatic hydroxyl groups is 1. The summed E-state index contributed by atoms with van der Waals surface area (Å²) < 4.78 is 17.3. The van der Waals surface area contributed by atoms with Gasteiger partial charge in [0.2, 0.25) is 5.91 Å². The van der Waals surface area contributed by atoms with E-state index in [1.807, 2.05) is 27.7 Å². The molecule has 0 radical (unpaired) electrons. The normalized spacial score (nSPS) is 14.2. The van der Waals surface area contributed by atoms with Gasteiger partial charge in [-0.1, -0.05) is 44.2 Å².